The third kappa shape index (κ3) is 1.71. The van der Waals surface area contributed by atoms with E-state index >= 15 is 0 Å². The first-order chi connectivity index (χ1) is 6.29. The van der Waals surface area contributed by atoms with Crippen LogP contribution < -0.4 is 5.32 Å². The van der Waals surface area contributed by atoms with Crippen molar-refractivity contribution in [1.29, 1.82) is 0 Å². The second kappa shape index (κ2) is 3.44. The van der Waals surface area contributed by atoms with Crippen molar-refractivity contribution >= 4 is 21.4 Å². The molecular formula is C10H10FNS. The molecule has 2 rings (SSSR count). The molecule has 0 aliphatic carbocycles. The number of hydrogen-bond donors (Lipinski definition) is 1. The summed E-state index contributed by atoms with van der Waals surface area (Å²) in [5, 5.41) is 4.20. The molecule has 13 heavy (non-hydrogen) atoms. The van der Waals surface area contributed by atoms with E-state index in [9.17, 15) is 4.39 Å². The molecule has 0 aliphatic heterocycles. The molecule has 0 amide bonds. The summed E-state index contributed by atoms with van der Waals surface area (Å²) in [6.07, 6.45) is 0. The highest BCUT2D eigenvalue weighted by atomic mass is 32.1. The molecule has 0 fully saturated rings. The van der Waals surface area contributed by atoms with E-state index < -0.39 is 0 Å². The normalized spacial score (nSPS) is 10.9. The van der Waals surface area contributed by atoms with Gasteiger partial charge in [0.25, 0.3) is 0 Å². The van der Waals surface area contributed by atoms with Crippen LogP contribution in [0.4, 0.5) is 4.39 Å². The minimum atomic E-state index is -0.162. The first kappa shape index (κ1) is 8.66. The van der Waals surface area contributed by atoms with Crippen LogP contribution in [-0.2, 0) is 6.54 Å². The van der Waals surface area contributed by atoms with Crippen LogP contribution >= 0.6 is 11.3 Å². The summed E-state index contributed by atoms with van der Waals surface area (Å²) in [4.78, 5) is 1.24. The van der Waals surface area contributed by atoms with Crippen LogP contribution in [-0.4, -0.2) is 7.05 Å². The molecule has 2 aromatic rings. The van der Waals surface area contributed by atoms with Crippen LogP contribution in [0.5, 0.6) is 0 Å². The van der Waals surface area contributed by atoms with Gasteiger partial charge in [0, 0.05) is 16.1 Å². The fourth-order valence-electron chi connectivity index (χ4n) is 1.32. The van der Waals surface area contributed by atoms with Crippen LogP contribution in [0.15, 0.2) is 24.3 Å². The molecule has 1 nitrogen and oxygen atoms in total. The van der Waals surface area contributed by atoms with Crippen molar-refractivity contribution in [3.63, 3.8) is 0 Å². The minimum absolute atomic E-state index is 0.162. The van der Waals surface area contributed by atoms with E-state index in [4.69, 9.17) is 0 Å². The number of halogens is 1. The average Bonchev–Trinajstić information content (AvgIpc) is 2.46. The highest BCUT2D eigenvalue weighted by Gasteiger charge is 2.01. The lowest BCUT2D eigenvalue weighted by molar-refractivity contribution is 0.630. The maximum atomic E-state index is 12.8. The first-order valence-electron chi connectivity index (χ1n) is 4.12. The maximum absolute atomic E-state index is 12.8. The minimum Gasteiger partial charge on any atom is -0.315 e. The molecule has 0 bridgehead atoms. The van der Waals surface area contributed by atoms with Crippen LogP contribution in [0, 0.1) is 5.82 Å². The van der Waals surface area contributed by atoms with E-state index in [1.54, 1.807) is 17.4 Å². The van der Waals surface area contributed by atoms with E-state index in [0.29, 0.717) is 0 Å². The van der Waals surface area contributed by atoms with E-state index in [1.807, 2.05) is 13.1 Å². The van der Waals surface area contributed by atoms with Gasteiger partial charge in [0.15, 0.2) is 0 Å². The Labute approximate surface area is 80.2 Å². The highest BCUT2D eigenvalue weighted by molar-refractivity contribution is 7.19. The van der Waals surface area contributed by atoms with E-state index in [2.05, 4.69) is 11.4 Å². The van der Waals surface area contributed by atoms with Crippen molar-refractivity contribution in [2.75, 3.05) is 7.05 Å². The zero-order valence-electron chi connectivity index (χ0n) is 7.30. The molecule has 1 aromatic heterocycles. The van der Waals surface area contributed by atoms with E-state index in [-0.39, 0.29) is 5.82 Å². The third-order valence-electron chi connectivity index (χ3n) is 1.88. The molecule has 0 radical (unpaired) electrons. The predicted molar refractivity (Wildman–Crippen MR) is 54.5 cm³/mol. The monoisotopic (exact) mass is 195 g/mol. The number of fused-ring (bicyclic) bond motifs is 1. The van der Waals surface area contributed by atoms with Crippen LogP contribution in [0.25, 0.3) is 10.1 Å². The van der Waals surface area contributed by atoms with Gasteiger partial charge >= 0.3 is 0 Å². The summed E-state index contributed by atoms with van der Waals surface area (Å²) < 4.78 is 13.8. The molecule has 1 heterocycles. The number of rotatable bonds is 2. The molecule has 0 saturated heterocycles. The number of benzene rings is 1. The quantitative estimate of drug-likeness (QED) is 0.777. The second-order valence-electron chi connectivity index (χ2n) is 2.93. The maximum Gasteiger partial charge on any atom is 0.124 e. The molecule has 1 aromatic carbocycles. The van der Waals surface area contributed by atoms with Crippen molar-refractivity contribution in [3.05, 3.63) is 35.0 Å². The van der Waals surface area contributed by atoms with Gasteiger partial charge < -0.3 is 5.32 Å². The molecular weight excluding hydrogens is 185 g/mol. The second-order valence-corrected chi connectivity index (χ2v) is 4.09. The van der Waals surface area contributed by atoms with Gasteiger partial charge in [-0.15, -0.1) is 11.3 Å². The Morgan fingerprint density at radius 1 is 1.38 bits per heavy atom. The Balaban J connectivity index is 2.49. The van der Waals surface area contributed by atoms with Crippen LogP contribution in [0.2, 0.25) is 0 Å². The number of hydrogen-bond acceptors (Lipinski definition) is 2. The van der Waals surface area contributed by atoms with Crippen LogP contribution in [0.3, 0.4) is 0 Å². The van der Waals surface area contributed by atoms with Crippen molar-refractivity contribution in [3.8, 4) is 0 Å². The van der Waals surface area contributed by atoms with Crippen molar-refractivity contribution in [2.45, 2.75) is 6.54 Å². The highest BCUT2D eigenvalue weighted by Crippen LogP contribution is 2.25. The van der Waals surface area contributed by atoms with E-state index in [0.717, 1.165) is 16.6 Å². The molecule has 0 atom stereocenters. The smallest absolute Gasteiger partial charge is 0.124 e. The molecule has 0 spiro atoms. The summed E-state index contributed by atoms with van der Waals surface area (Å²) in [7, 11) is 1.91. The molecule has 1 N–H and O–H groups in total. The lowest BCUT2D eigenvalue weighted by Gasteiger charge is -1.89. The fourth-order valence-corrected chi connectivity index (χ4v) is 2.42. The fraction of sp³-hybridized carbons (Fsp3) is 0.200. The zero-order valence-corrected chi connectivity index (χ0v) is 8.12. The largest absolute Gasteiger partial charge is 0.315 e. The lowest BCUT2D eigenvalue weighted by atomic mass is 10.2. The standard InChI is InChI=1S/C10H10FNS/c1-12-6-9-4-7-2-3-8(11)5-10(7)13-9/h2-5,12H,6H2,1H3. The Morgan fingerprint density at radius 3 is 3.00 bits per heavy atom. The summed E-state index contributed by atoms with van der Waals surface area (Å²) in [6, 6.07) is 6.99. The Morgan fingerprint density at radius 2 is 2.23 bits per heavy atom. The SMILES string of the molecule is CNCc1cc2ccc(F)cc2s1. The van der Waals surface area contributed by atoms with Gasteiger partial charge in [-0.05, 0) is 30.6 Å². The molecule has 0 saturated carbocycles. The topological polar surface area (TPSA) is 12.0 Å². The van der Waals surface area contributed by atoms with E-state index in [1.165, 1.54) is 10.9 Å². The summed E-state index contributed by atoms with van der Waals surface area (Å²) >= 11 is 1.63. The Hall–Kier alpha value is -0.930. The van der Waals surface area contributed by atoms with Gasteiger partial charge in [0.2, 0.25) is 0 Å². The molecule has 0 aliphatic rings. The van der Waals surface area contributed by atoms with Gasteiger partial charge in [-0.1, -0.05) is 6.07 Å². The number of thiophene rings is 1. The van der Waals surface area contributed by atoms with Crippen molar-refractivity contribution in [1.82, 2.24) is 5.32 Å². The van der Waals surface area contributed by atoms with Gasteiger partial charge in [-0.25, -0.2) is 4.39 Å². The Bertz CT molecular complexity index is 422. The van der Waals surface area contributed by atoms with Gasteiger partial charge in [-0.3, -0.25) is 0 Å². The molecule has 3 heteroatoms. The van der Waals surface area contributed by atoms with Gasteiger partial charge in [0.05, 0.1) is 0 Å². The predicted octanol–water partition coefficient (Wildman–Crippen LogP) is 2.76. The van der Waals surface area contributed by atoms with Gasteiger partial charge in [-0.2, -0.15) is 0 Å². The lowest BCUT2D eigenvalue weighted by Crippen LogP contribution is -2.02. The average molecular weight is 195 g/mol. The van der Waals surface area contributed by atoms with Gasteiger partial charge in [0.1, 0.15) is 5.82 Å². The first-order valence-corrected chi connectivity index (χ1v) is 4.94. The Kier molecular flexibility index (Phi) is 2.29. The van der Waals surface area contributed by atoms with Crippen molar-refractivity contribution < 1.29 is 4.39 Å². The molecule has 0 unspecified atom stereocenters. The summed E-state index contributed by atoms with van der Waals surface area (Å²) in [5.41, 5.74) is 0. The van der Waals surface area contributed by atoms with Crippen molar-refractivity contribution in [2.24, 2.45) is 0 Å². The molecule has 68 valence electrons. The summed E-state index contributed by atoms with van der Waals surface area (Å²) in [6.45, 7) is 0.848. The van der Waals surface area contributed by atoms with Crippen LogP contribution in [0.1, 0.15) is 4.88 Å². The zero-order chi connectivity index (χ0) is 9.26. The summed E-state index contributed by atoms with van der Waals surface area (Å²) in [5.74, 6) is -0.162. The number of nitrogens with one attached hydrogen (secondary N) is 1. The third-order valence-corrected chi connectivity index (χ3v) is 2.98.